The van der Waals surface area contributed by atoms with E-state index in [4.69, 9.17) is 10.00 Å². The maximum atomic E-state index is 12.1. The Labute approximate surface area is 198 Å². The molecule has 0 radical (unpaired) electrons. The molecular formula is C19H15N7O8S. The molecule has 1 aromatic carbocycles. The third kappa shape index (κ3) is 5.72. The quantitative estimate of drug-likeness (QED) is 0.174. The maximum Gasteiger partial charge on any atom is 0.373 e. The van der Waals surface area contributed by atoms with Gasteiger partial charge in [0.2, 0.25) is 11.0 Å². The number of rotatable bonds is 10. The van der Waals surface area contributed by atoms with Crippen LogP contribution in [0.2, 0.25) is 0 Å². The Morgan fingerprint density at radius 3 is 2.66 bits per heavy atom. The number of imidazole rings is 1. The lowest BCUT2D eigenvalue weighted by Crippen LogP contribution is -2.32. The number of carboxylic acids is 2. The lowest BCUT2D eigenvalue weighted by Gasteiger charge is -2.16. The Bertz CT molecular complexity index is 1370. The van der Waals surface area contributed by atoms with Crippen molar-refractivity contribution >= 4 is 34.2 Å². The number of hydrogen-bond acceptors (Lipinski definition) is 11. The molecule has 0 bridgehead atoms. The van der Waals surface area contributed by atoms with Gasteiger partial charge in [-0.15, -0.1) is 0 Å². The number of hydrogen-bond donors (Lipinski definition) is 4. The highest BCUT2D eigenvalue weighted by atomic mass is 32.2. The lowest BCUT2D eigenvalue weighted by molar-refractivity contribution is -0.385. The largest absolute Gasteiger partial charge is 0.480 e. The van der Waals surface area contributed by atoms with Gasteiger partial charge in [-0.2, -0.15) is 15.2 Å². The Hall–Kier alpha value is -4.91. The standard InChI is InChI=1S/C19H15N7O8S/c1-35(33)19-24-15(23-13(18(29)30)4-10-7-21-8-22-10)14(26(31)32)16(25-19)34-11-3-2-9(6-20)12(5-11)17(27)28/h2-3,5,7-8,13H,4H2,1H3,(H,21,22)(H,27,28)(H,29,30)(H,23,24,25). The number of anilines is 1. The van der Waals surface area contributed by atoms with Crippen LogP contribution in [0.5, 0.6) is 11.6 Å². The van der Waals surface area contributed by atoms with Crippen molar-refractivity contribution in [2.45, 2.75) is 17.6 Å². The van der Waals surface area contributed by atoms with Crippen molar-refractivity contribution in [1.82, 2.24) is 19.9 Å². The fraction of sp³-hybridized carbons (Fsp3) is 0.158. The first kappa shape index (κ1) is 24.7. The zero-order valence-corrected chi connectivity index (χ0v) is 18.5. The van der Waals surface area contributed by atoms with Crippen molar-refractivity contribution in [3.63, 3.8) is 0 Å². The fourth-order valence-electron chi connectivity index (χ4n) is 2.83. The predicted octanol–water partition coefficient (Wildman–Crippen LogP) is 1.32. The number of nitriles is 1. The van der Waals surface area contributed by atoms with Gasteiger partial charge in [0.15, 0.2) is 0 Å². The molecule has 16 heteroatoms. The number of nitrogens with zero attached hydrogens (tertiary/aromatic N) is 5. The summed E-state index contributed by atoms with van der Waals surface area (Å²) >= 11 is 0. The van der Waals surface area contributed by atoms with Crippen molar-refractivity contribution in [3.8, 4) is 17.7 Å². The van der Waals surface area contributed by atoms with E-state index in [-0.39, 0.29) is 17.7 Å². The number of carboxylic acid groups (broad SMARTS) is 2. The van der Waals surface area contributed by atoms with E-state index in [0.717, 1.165) is 12.1 Å². The number of nitrogens with one attached hydrogen (secondary N) is 2. The number of H-pyrrole nitrogens is 1. The van der Waals surface area contributed by atoms with Gasteiger partial charge in [-0.25, -0.2) is 14.6 Å². The number of aromatic amines is 1. The molecule has 4 N–H and O–H groups in total. The van der Waals surface area contributed by atoms with Crippen LogP contribution >= 0.6 is 0 Å². The summed E-state index contributed by atoms with van der Waals surface area (Å²) in [7, 11) is -1.87. The van der Waals surface area contributed by atoms with Gasteiger partial charge in [0, 0.05) is 24.6 Å². The van der Waals surface area contributed by atoms with Gasteiger partial charge < -0.3 is 25.3 Å². The molecule has 0 aliphatic heterocycles. The highest BCUT2D eigenvalue weighted by molar-refractivity contribution is 7.84. The van der Waals surface area contributed by atoms with Crippen LogP contribution in [0.1, 0.15) is 21.6 Å². The Morgan fingerprint density at radius 1 is 1.37 bits per heavy atom. The molecule has 0 aliphatic rings. The average molecular weight is 501 g/mol. The number of carbonyl (C=O) groups is 2. The number of aromatic nitrogens is 4. The minimum atomic E-state index is -1.87. The molecule has 0 fully saturated rings. The highest BCUT2D eigenvalue weighted by Crippen LogP contribution is 2.36. The highest BCUT2D eigenvalue weighted by Gasteiger charge is 2.31. The predicted molar refractivity (Wildman–Crippen MR) is 117 cm³/mol. The van der Waals surface area contributed by atoms with E-state index in [0.29, 0.717) is 5.69 Å². The van der Waals surface area contributed by atoms with E-state index in [1.165, 1.54) is 24.8 Å². The van der Waals surface area contributed by atoms with Gasteiger partial charge in [-0.1, -0.05) is 0 Å². The van der Waals surface area contributed by atoms with E-state index in [2.05, 4.69) is 25.3 Å². The van der Waals surface area contributed by atoms with Crippen molar-refractivity contribution < 1.29 is 33.7 Å². The van der Waals surface area contributed by atoms with Gasteiger partial charge in [-0.05, 0) is 18.2 Å². The number of aliphatic carboxylic acids is 1. The number of ether oxygens (including phenoxy) is 1. The first-order chi connectivity index (χ1) is 16.6. The second-order valence-corrected chi connectivity index (χ2v) is 8.04. The molecule has 0 spiro atoms. The van der Waals surface area contributed by atoms with Gasteiger partial charge in [0.1, 0.15) is 17.9 Å². The van der Waals surface area contributed by atoms with E-state index in [9.17, 15) is 34.1 Å². The van der Waals surface area contributed by atoms with Crippen molar-refractivity contribution in [2.24, 2.45) is 0 Å². The maximum absolute atomic E-state index is 12.1. The van der Waals surface area contributed by atoms with Crippen LogP contribution in [0.3, 0.4) is 0 Å². The molecule has 180 valence electrons. The number of benzene rings is 1. The van der Waals surface area contributed by atoms with Crippen LogP contribution in [0.15, 0.2) is 35.9 Å². The molecule has 2 unspecified atom stereocenters. The van der Waals surface area contributed by atoms with Crippen LogP contribution < -0.4 is 10.1 Å². The third-order valence-electron chi connectivity index (χ3n) is 4.42. The summed E-state index contributed by atoms with van der Waals surface area (Å²) in [6.45, 7) is 0. The molecule has 0 amide bonds. The van der Waals surface area contributed by atoms with E-state index >= 15 is 0 Å². The van der Waals surface area contributed by atoms with Crippen molar-refractivity contribution in [2.75, 3.05) is 11.6 Å². The number of aromatic carboxylic acids is 1. The summed E-state index contributed by atoms with van der Waals surface area (Å²) in [6.07, 6.45) is 3.74. The normalized spacial score (nSPS) is 12.2. The summed E-state index contributed by atoms with van der Waals surface area (Å²) in [5.41, 5.74) is -1.07. The molecule has 3 aromatic rings. The van der Waals surface area contributed by atoms with Gasteiger partial charge in [0.25, 0.3) is 0 Å². The Kier molecular flexibility index (Phi) is 7.31. The minimum Gasteiger partial charge on any atom is -0.480 e. The summed E-state index contributed by atoms with van der Waals surface area (Å²) < 4.78 is 17.5. The lowest BCUT2D eigenvalue weighted by atomic mass is 10.1. The Balaban J connectivity index is 2.10. The van der Waals surface area contributed by atoms with Gasteiger partial charge in [0.05, 0.1) is 33.2 Å². The van der Waals surface area contributed by atoms with Gasteiger partial charge in [-0.3, -0.25) is 14.3 Å². The first-order valence-corrected chi connectivity index (χ1v) is 11.0. The molecule has 3 rings (SSSR count). The Morgan fingerprint density at radius 2 is 2.11 bits per heavy atom. The molecule has 35 heavy (non-hydrogen) atoms. The minimum absolute atomic E-state index is 0.158. The molecule has 2 heterocycles. The molecular weight excluding hydrogens is 486 g/mol. The average Bonchev–Trinajstić information content (AvgIpc) is 3.31. The molecule has 15 nitrogen and oxygen atoms in total. The SMILES string of the molecule is CS(=O)c1nc(NC(Cc2cnc[nH]2)C(=O)O)c([N+](=O)[O-])c(Oc2ccc(C#N)c(C(=O)O)c2)n1. The van der Waals surface area contributed by atoms with Crippen LogP contribution in [0, 0.1) is 21.4 Å². The van der Waals surface area contributed by atoms with Gasteiger partial charge >= 0.3 is 23.5 Å². The summed E-state index contributed by atoms with van der Waals surface area (Å²) in [5, 5.41) is 41.9. The second-order valence-electron chi connectivity index (χ2n) is 6.76. The molecule has 0 saturated carbocycles. The smallest absolute Gasteiger partial charge is 0.373 e. The first-order valence-electron chi connectivity index (χ1n) is 9.42. The van der Waals surface area contributed by atoms with E-state index in [1.807, 2.05) is 0 Å². The van der Waals surface area contributed by atoms with Crippen LogP contribution in [0.4, 0.5) is 11.5 Å². The van der Waals surface area contributed by atoms with Crippen LogP contribution in [-0.4, -0.2) is 63.5 Å². The monoisotopic (exact) mass is 501 g/mol. The van der Waals surface area contributed by atoms with Crippen molar-refractivity contribution in [1.29, 1.82) is 5.26 Å². The third-order valence-corrected chi connectivity index (χ3v) is 5.11. The summed E-state index contributed by atoms with van der Waals surface area (Å²) in [6, 6.07) is 3.56. The number of nitro groups is 1. The molecule has 0 aliphatic carbocycles. The van der Waals surface area contributed by atoms with E-state index in [1.54, 1.807) is 6.07 Å². The van der Waals surface area contributed by atoms with Crippen molar-refractivity contribution in [3.05, 3.63) is 57.7 Å². The topological polar surface area (TPSA) is 234 Å². The molecule has 2 aromatic heterocycles. The second kappa shape index (κ2) is 10.4. The zero-order valence-electron chi connectivity index (χ0n) is 17.7. The zero-order chi connectivity index (χ0) is 25.7. The summed E-state index contributed by atoms with van der Waals surface area (Å²) in [4.78, 5) is 48.3. The van der Waals surface area contributed by atoms with E-state index < -0.39 is 61.8 Å². The fourth-order valence-corrected chi connectivity index (χ4v) is 3.27. The molecule has 2 atom stereocenters. The van der Waals surface area contributed by atoms with Crippen LogP contribution in [0.25, 0.3) is 0 Å². The molecule has 0 saturated heterocycles. The van der Waals surface area contributed by atoms with Crippen LogP contribution in [-0.2, 0) is 22.0 Å². The summed E-state index contributed by atoms with van der Waals surface area (Å²) in [5.74, 6) is -4.33.